The summed E-state index contributed by atoms with van der Waals surface area (Å²) in [6.45, 7) is 8.28. The van der Waals surface area contributed by atoms with Crippen LogP contribution in [0.1, 0.15) is 33.7 Å². The molecule has 9 rings (SSSR count). The van der Waals surface area contributed by atoms with E-state index in [1.165, 1.54) is 22.1 Å². The molecule has 0 fully saturated rings. The maximum absolute atomic E-state index is 6.42. The minimum Gasteiger partial charge on any atom is -0.456 e. The van der Waals surface area contributed by atoms with Gasteiger partial charge in [0.1, 0.15) is 11.2 Å². The number of benzene rings is 8. The number of para-hydroxylation sites is 1. The summed E-state index contributed by atoms with van der Waals surface area (Å²) in [7, 11) is 0. The number of hydrogen-bond acceptors (Lipinski definition) is 2. The van der Waals surface area contributed by atoms with Crippen molar-refractivity contribution in [3.05, 3.63) is 223 Å². The Morgan fingerprint density at radius 1 is 0.519 bits per heavy atom. The van der Waals surface area contributed by atoms with Crippen molar-refractivity contribution in [1.29, 1.82) is 0 Å². The molecule has 0 aliphatic carbocycles. The third-order valence-electron chi connectivity index (χ3n) is 10.6. The van der Waals surface area contributed by atoms with Crippen LogP contribution in [0, 0.1) is 0 Å². The van der Waals surface area contributed by atoms with Crippen molar-refractivity contribution >= 4 is 61.9 Å². The zero-order chi connectivity index (χ0) is 36.4. The van der Waals surface area contributed by atoms with E-state index >= 15 is 0 Å². The van der Waals surface area contributed by atoms with Crippen molar-refractivity contribution in [2.24, 2.45) is 0 Å². The van der Waals surface area contributed by atoms with Gasteiger partial charge in [0.15, 0.2) is 0 Å². The van der Waals surface area contributed by atoms with Crippen LogP contribution in [0.15, 0.2) is 200 Å². The summed E-state index contributed by atoms with van der Waals surface area (Å²) in [5, 5.41) is 4.52. The van der Waals surface area contributed by atoms with E-state index in [0.717, 1.165) is 73.1 Å². The molecule has 0 aliphatic rings. The van der Waals surface area contributed by atoms with Gasteiger partial charge in [0.2, 0.25) is 0 Å². The number of anilines is 3. The quantitative estimate of drug-likeness (QED) is 0.142. The summed E-state index contributed by atoms with van der Waals surface area (Å²) in [5.41, 5.74) is 13.3. The number of hydrogen-bond donors (Lipinski definition) is 0. The van der Waals surface area contributed by atoms with E-state index in [1.807, 2.05) is 24.3 Å². The fourth-order valence-electron chi connectivity index (χ4n) is 8.06. The van der Waals surface area contributed by atoms with Gasteiger partial charge in [-0.05, 0) is 105 Å². The molecule has 1 heterocycles. The molecule has 2 heteroatoms. The van der Waals surface area contributed by atoms with Crippen molar-refractivity contribution in [2.45, 2.75) is 12.3 Å². The predicted molar refractivity (Wildman–Crippen MR) is 230 cm³/mol. The summed E-state index contributed by atoms with van der Waals surface area (Å²) in [4.78, 5) is 2.38. The summed E-state index contributed by atoms with van der Waals surface area (Å²) in [5.74, 6) is 0.214. The van der Waals surface area contributed by atoms with Crippen LogP contribution in [0.3, 0.4) is 0 Å². The van der Waals surface area contributed by atoms with Gasteiger partial charge in [-0.15, -0.1) is 0 Å². The lowest BCUT2D eigenvalue weighted by Crippen LogP contribution is -2.11. The van der Waals surface area contributed by atoms with Gasteiger partial charge in [-0.3, -0.25) is 0 Å². The molecule has 0 bridgehead atoms. The van der Waals surface area contributed by atoms with Gasteiger partial charge in [-0.2, -0.15) is 0 Å². The molecule has 0 saturated heterocycles. The molecule has 1 unspecified atom stereocenters. The fraction of sp³-hybridized carbons (Fsp3) is 0.0385. The summed E-state index contributed by atoms with van der Waals surface area (Å²) in [6, 6.07) is 65.1. The highest BCUT2D eigenvalue weighted by atomic mass is 16.3. The van der Waals surface area contributed by atoms with E-state index < -0.39 is 0 Å². The van der Waals surface area contributed by atoms with E-state index in [-0.39, 0.29) is 5.92 Å². The van der Waals surface area contributed by atoms with E-state index in [9.17, 15) is 0 Å². The molecule has 0 radical (unpaired) electrons. The molecule has 0 N–H and O–H groups in total. The van der Waals surface area contributed by atoms with E-state index in [4.69, 9.17) is 4.42 Å². The third kappa shape index (κ3) is 5.98. The Labute approximate surface area is 316 Å². The van der Waals surface area contributed by atoms with Crippen molar-refractivity contribution in [3.63, 3.8) is 0 Å². The Balaban J connectivity index is 1.22. The first-order valence-electron chi connectivity index (χ1n) is 18.5. The van der Waals surface area contributed by atoms with Crippen LogP contribution < -0.4 is 4.90 Å². The molecule has 2 nitrogen and oxygen atoms in total. The smallest absolute Gasteiger partial charge is 0.137 e. The lowest BCUT2D eigenvalue weighted by atomic mass is 9.86. The second-order valence-electron chi connectivity index (χ2n) is 13.8. The number of rotatable bonds is 10. The molecule has 8 aromatic carbocycles. The lowest BCUT2D eigenvalue weighted by molar-refractivity contribution is 0.669. The Hall–Kier alpha value is -6.90. The van der Waals surface area contributed by atoms with Crippen LogP contribution in [0.4, 0.5) is 17.1 Å². The fourth-order valence-corrected chi connectivity index (χ4v) is 8.06. The van der Waals surface area contributed by atoms with Gasteiger partial charge in [0, 0.05) is 22.7 Å². The first-order valence-corrected chi connectivity index (χ1v) is 18.5. The van der Waals surface area contributed by atoms with E-state index in [1.54, 1.807) is 0 Å². The standard InChI is InChI=1S/C52H39NO/c1-3-37-35-48(45-24-12-11-23-44(45)43(37)4-2)40-21-15-22-42(34-40)53(49-26-16-28-51-52(49)46-25-13-14-27-50(46)54-51)41-31-29-39(30-32-41)47(38-19-9-6-10-20-38)33-36-17-7-5-8-18-36/h3-32,34-35,47H,1-2,33H2. The van der Waals surface area contributed by atoms with Crippen LogP contribution >= 0.6 is 0 Å². The number of furan rings is 1. The average molecular weight is 694 g/mol. The third-order valence-corrected chi connectivity index (χ3v) is 10.6. The Morgan fingerprint density at radius 3 is 1.93 bits per heavy atom. The molecular weight excluding hydrogens is 655 g/mol. The number of fused-ring (bicyclic) bond motifs is 4. The highest BCUT2D eigenvalue weighted by molar-refractivity contribution is 6.13. The lowest BCUT2D eigenvalue weighted by Gasteiger charge is -2.28. The van der Waals surface area contributed by atoms with Crippen LogP contribution in [0.25, 0.3) is 56.0 Å². The van der Waals surface area contributed by atoms with Crippen LogP contribution in [0.2, 0.25) is 0 Å². The molecule has 54 heavy (non-hydrogen) atoms. The van der Waals surface area contributed by atoms with Gasteiger partial charge >= 0.3 is 0 Å². The molecule has 0 amide bonds. The molecule has 0 aliphatic heterocycles. The topological polar surface area (TPSA) is 16.4 Å². The monoisotopic (exact) mass is 693 g/mol. The predicted octanol–water partition coefficient (Wildman–Crippen LogP) is 14.5. The normalized spacial score (nSPS) is 11.9. The molecular formula is C52H39NO. The van der Waals surface area contributed by atoms with Crippen molar-refractivity contribution in [2.75, 3.05) is 4.90 Å². The zero-order valence-corrected chi connectivity index (χ0v) is 30.0. The highest BCUT2D eigenvalue weighted by Crippen LogP contribution is 2.45. The second kappa shape index (κ2) is 14.3. The zero-order valence-electron chi connectivity index (χ0n) is 30.0. The largest absolute Gasteiger partial charge is 0.456 e. The Morgan fingerprint density at radius 2 is 1.17 bits per heavy atom. The summed E-state index contributed by atoms with van der Waals surface area (Å²) < 4.78 is 6.42. The minimum atomic E-state index is 0.214. The van der Waals surface area contributed by atoms with Gasteiger partial charge in [-0.25, -0.2) is 0 Å². The van der Waals surface area contributed by atoms with Crippen LogP contribution in [-0.4, -0.2) is 0 Å². The van der Waals surface area contributed by atoms with Gasteiger partial charge < -0.3 is 9.32 Å². The molecule has 0 saturated carbocycles. The van der Waals surface area contributed by atoms with E-state index in [0.29, 0.717) is 0 Å². The van der Waals surface area contributed by atoms with Crippen molar-refractivity contribution in [1.82, 2.24) is 0 Å². The first kappa shape index (κ1) is 33.0. The van der Waals surface area contributed by atoms with Gasteiger partial charge in [0.25, 0.3) is 0 Å². The average Bonchev–Trinajstić information content (AvgIpc) is 3.63. The van der Waals surface area contributed by atoms with Crippen LogP contribution in [-0.2, 0) is 6.42 Å². The second-order valence-corrected chi connectivity index (χ2v) is 13.8. The maximum atomic E-state index is 6.42. The minimum absolute atomic E-state index is 0.214. The van der Waals surface area contributed by atoms with Gasteiger partial charge in [-0.1, -0.05) is 159 Å². The van der Waals surface area contributed by atoms with Gasteiger partial charge in [0.05, 0.1) is 11.1 Å². The Bertz CT molecular complexity index is 2780. The summed E-state index contributed by atoms with van der Waals surface area (Å²) >= 11 is 0. The number of nitrogens with zero attached hydrogens (tertiary/aromatic N) is 1. The molecule has 0 spiro atoms. The highest BCUT2D eigenvalue weighted by Gasteiger charge is 2.22. The summed E-state index contributed by atoms with van der Waals surface area (Å²) in [6.07, 6.45) is 4.78. The molecule has 9 aromatic rings. The maximum Gasteiger partial charge on any atom is 0.137 e. The SMILES string of the molecule is C=Cc1cc(-c2cccc(N(c3ccc(C(Cc4ccccc4)c4ccccc4)cc3)c3cccc4oc5ccccc5c34)c2)c2ccccc2c1C=C. The van der Waals surface area contributed by atoms with Crippen molar-refractivity contribution < 1.29 is 4.42 Å². The van der Waals surface area contributed by atoms with Crippen LogP contribution in [0.5, 0.6) is 0 Å². The first-order chi connectivity index (χ1) is 26.7. The molecule has 1 atom stereocenters. The van der Waals surface area contributed by atoms with E-state index in [2.05, 4.69) is 188 Å². The Kier molecular flexibility index (Phi) is 8.70. The molecule has 258 valence electrons. The van der Waals surface area contributed by atoms with Crippen molar-refractivity contribution in [3.8, 4) is 11.1 Å². The molecule has 1 aromatic heterocycles.